The second-order valence-corrected chi connectivity index (χ2v) is 7.67. The quantitative estimate of drug-likeness (QED) is 0.515. The first kappa shape index (κ1) is 19.5. The Balaban J connectivity index is 1.46. The fourth-order valence-electron chi connectivity index (χ4n) is 4.12. The van der Waals surface area contributed by atoms with Gasteiger partial charge in [0.05, 0.1) is 19.9 Å². The molecule has 0 unspecified atom stereocenters. The molecular weight excluding hydrogens is 390 g/mol. The molecule has 0 saturated heterocycles. The van der Waals surface area contributed by atoms with E-state index >= 15 is 0 Å². The number of aromatic nitrogens is 2. The van der Waals surface area contributed by atoms with E-state index in [0.717, 1.165) is 53.5 Å². The van der Waals surface area contributed by atoms with E-state index in [4.69, 9.17) is 14.2 Å². The van der Waals surface area contributed by atoms with E-state index in [1.165, 1.54) is 11.1 Å². The number of H-pyrrole nitrogens is 1. The number of para-hydroxylation sites is 1. The van der Waals surface area contributed by atoms with Crippen molar-refractivity contribution < 1.29 is 14.2 Å². The van der Waals surface area contributed by atoms with Gasteiger partial charge in [-0.15, -0.1) is 0 Å². The lowest BCUT2D eigenvalue weighted by Crippen LogP contribution is -2.25. The maximum atomic E-state index is 6.11. The molecule has 1 aliphatic heterocycles. The SMILES string of the molecule is COc1cccc(-c2cc3c(c(OC)c2)OCCN(Cc2cc4ccccc4[nH]2)C3)n1. The molecule has 0 bridgehead atoms. The molecule has 0 spiro atoms. The van der Waals surface area contributed by atoms with Crippen LogP contribution in [-0.4, -0.2) is 42.2 Å². The fourth-order valence-corrected chi connectivity index (χ4v) is 4.12. The van der Waals surface area contributed by atoms with Crippen molar-refractivity contribution in [3.8, 4) is 28.6 Å². The van der Waals surface area contributed by atoms with Crippen LogP contribution in [0.25, 0.3) is 22.2 Å². The molecule has 0 amide bonds. The molecule has 2 aromatic heterocycles. The summed E-state index contributed by atoms with van der Waals surface area (Å²) in [7, 11) is 3.30. The monoisotopic (exact) mass is 415 g/mol. The molecule has 6 nitrogen and oxygen atoms in total. The molecule has 31 heavy (non-hydrogen) atoms. The third-order valence-corrected chi connectivity index (χ3v) is 5.61. The molecule has 5 rings (SSSR count). The van der Waals surface area contributed by atoms with E-state index < -0.39 is 0 Å². The minimum Gasteiger partial charge on any atom is -0.493 e. The zero-order valence-electron chi connectivity index (χ0n) is 17.7. The zero-order chi connectivity index (χ0) is 21.2. The molecule has 158 valence electrons. The number of hydrogen-bond acceptors (Lipinski definition) is 5. The van der Waals surface area contributed by atoms with Crippen molar-refractivity contribution in [1.82, 2.24) is 14.9 Å². The minimum absolute atomic E-state index is 0.586. The van der Waals surface area contributed by atoms with Crippen LogP contribution >= 0.6 is 0 Å². The van der Waals surface area contributed by atoms with Crippen molar-refractivity contribution in [2.75, 3.05) is 27.4 Å². The Morgan fingerprint density at radius 3 is 2.77 bits per heavy atom. The smallest absolute Gasteiger partial charge is 0.213 e. The summed E-state index contributed by atoms with van der Waals surface area (Å²) >= 11 is 0. The number of ether oxygens (including phenoxy) is 3. The molecular formula is C25H25N3O3. The van der Waals surface area contributed by atoms with Crippen molar-refractivity contribution in [1.29, 1.82) is 0 Å². The van der Waals surface area contributed by atoms with Crippen LogP contribution in [0.15, 0.2) is 60.7 Å². The Labute approximate surface area is 181 Å². The number of fused-ring (bicyclic) bond motifs is 2. The van der Waals surface area contributed by atoms with Gasteiger partial charge in [0, 0.05) is 48.0 Å². The summed E-state index contributed by atoms with van der Waals surface area (Å²) < 4.78 is 17.1. The van der Waals surface area contributed by atoms with Crippen LogP contribution in [0.3, 0.4) is 0 Å². The number of nitrogens with one attached hydrogen (secondary N) is 1. The lowest BCUT2D eigenvalue weighted by Gasteiger charge is -2.19. The predicted octanol–water partition coefficient (Wildman–Crippen LogP) is 4.64. The summed E-state index contributed by atoms with van der Waals surface area (Å²) in [6, 6.07) is 20.5. The van der Waals surface area contributed by atoms with E-state index in [-0.39, 0.29) is 0 Å². The summed E-state index contributed by atoms with van der Waals surface area (Å²) in [5, 5.41) is 1.23. The molecule has 0 saturated carbocycles. The van der Waals surface area contributed by atoms with E-state index in [2.05, 4.69) is 51.3 Å². The van der Waals surface area contributed by atoms with Crippen LogP contribution in [-0.2, 0) is 13.1 Å². The fraction of sp³-hybridized carbons (Fsp3) is 0.240. The molecule has 0 fully saturated rings. The van der Waals surface area contributed by atoms with Gasteiger partial charge in [-0.05, 0) is 35.7 Å². The number of benzene rings is 2. The van der Waals surface area contributed by atoms with Gasteiger partial charge in [0.2, 0.25) is 5.88 Å². The van der Waals surface area contributed by atoms with E-state index in [1.54, 1.807) is 14.2 Å². The lowest BCUT2D eigenvalue weighted by atomic mass is 10.0. The van der Waals surface area contributed by atoms with Gasteiger partial charge >= 0.3 is 0 Å². The maximum Gasteiger partial charge on any atom is 0.213 e. The minimum atomic E-state index is 0.586. The Morgan fingerprint density at radius 2 is 1.94 bits per heavy atom. The van der Waals surface area contributed by atoms with E-state index in [9.17, 15) is 0 Å². The Hall–Kier alpha value is -3.51. The first-order valence-electron chi connectivity index (χ1n) is 10.4. The summed E-state index contributed by atoms with van der Waals surface area (Å²) in [6.07, 6.45) is 0. The number of aromatic amines is 1. The van der Waals surface area contributed by atoms with Crippen molar-refractivity contribution >= 4 is 10.9 Å². The average Bonchev–Trinajstić information content (AvgIpc) is 3.10. The molecule has 0 atom stereocenters. The lowest BCUT2D eigenvalue weighted by molar-refractivity contribution is 0.215. The highest BCUT2D eigenvalue weighted by Crippen LogP contribution is 2.38. The predicted molar refractivity (Wildman–Crippen MR) is 121 cm³/mol. The normalized spacial score (nSPS) is 14.0. The maximum absolute atomic E-state index is 6.11. The Bertz CT molecular complexity index is 1180. The van der Waals surface area contributed by atoms with Gasteiger partial charge < -0.3 is 19.2 Å². The van der Waals surface area contributed by atoms with Crippen LogP contribution < -0.4 is 14.2 Å². The summed E-state index contributed by atoms with van der Waals surface area (Å²) in [5.41, 5.74) is 5.27. The van der Waals surface area contributed by atoms with Crippen molar-refractivity contribution in [2.24, 2.45) is 0 Å². The molecule has 1 aliphatic rings. The average molecular weight is 415 g/mol. The standard InChI is InChI=1S/C25H25N3O3/c1-29-23-14-18(22-8-5-9-24(27-22)30-2)12-19-15-28(10-11-31-25(19)23)16-20-13-17-6-3-4-7-21(17)26-20/h3-9,12-14,26H,10-11,15-16H2,1-2H3. The third kappa shape index (κ3) is 3.94. The first-order chi connectivity index (χ1) is 15.2. The van der Waals surface area contributed by atoms with Crippen molar-refractivity contribution in [3.63, 3.8) is 0 Å². The molecule has 3 heterocycles. The van der Waals surface area contributed by atoms with Gasteiger partial charge in [0.1, 0.15) is 6.61 Å². The summed E-state index contributed by atoms with van der Waals surface area (Å²) in [6.45, 7) is 3.03. The topological polar surface area (TPSA) is 59.6 Å². The highest BCUT2D eigenvalue weighted by molar-refractivity contribution is 5.80. The van der Waals surface area contributed by atoms with Gasteiger partial charge in [-0.1, -0.05) is 24.3 Å². The highest BCUT2D eigenvalue weighted by atomic mass is 16.5. The van der Waals surface area contributed by atoms with Crippen LogP contribution in [0.1, 0.15) is 11.3 Å². The number of nitrogens with zero attached hydrogens (tertiary/aromatic N) is 2. The number of hydrogen-bond donors (Lipinski definition) is 1. The largest absolute Gasteiger partial charge is 0.493 e. The Kier molecular flexibility index (Phi) is 5.22. The Morgan fingerprint density at radius 1 is 1.03 bits per heavy atom. The molecule has 1 N–H and O–H groups in total. The molecule has 2 aromatic carbocycles. The van der Waals surface area contributed by atoms with E-state index in [0.29, 0.717) is 12.5 Å². The molecule has 6 heteroatoms. The molecule has 0 aliphatic carbocycles. The number of methoxy groups -OCH3 is 2. The molecule has 0 radical (unpaired) electrons. The van der Waals surface area contributed by atoms with Gasteiger partial charge in [-0.2, -0.15) is 0 Å². The van der Waals surface area contributed by atoms with Crippen LogP contribution in [0.4, 0.5) is 0 Å². The summed E-state index contributed by atoms with van der Waals surface area (Å²) in [4.78, 5) is 10.5. The van der Waals surface area contributed by atoms with Crippen LogP contribution in [0.2, 0.25) is 0 Å². The van der Waals surface area contributed by atoms with Crippen LogP contribution in [0.5, 0.6) is 17.4 Å². The van der Waals surface area contributed by atoms with Gasteiger partial charge in [-0.3, -0.25) is 4.90 Å². The van der Waals surface area contributed by atoms with Crippen molar-refractivity contribution in [2.45, 2.75) is 13.1 Å². The summed E-state index contributed by atoms with van der Waals surface area (Å²) in [5.74, 6) is 2.13. The molecule has 4 aromatic rings. The van der Waals surface area contributed by atoms with Gasteiger partial charge in [0.25, 0.3) is 0 Å². The van der Waals surface area contributed by atoms with E-state index in [1.807, 2.05) is 24.3 Å². The third-order valence-electron chi connectivity index (χ3n) is 5.61. The second-order valence-electron chi connectivity index (χ2n) is 7.67. The number of rotatable bonds is 5. The van der Waals surface area contributed by atoms with Gasteiger partial charge in [-0.25, -0.2) is 4.98 Å². The second kappa shape index (κ2) is 8.32. The van der Waals surface area contributed by atoms with Crippen LogP contribution in [0, 0.1) is 0 Å². The van der Waals surface area contributed by atoms with Gasteiger partial charge in [0.15, 0.2) is 11.5 Å². The van der Waals surface area contributed by atoms with Crippen molar-refractivity contribution in [3.05, 3.63) is 71.9 Å². The number of pyridine rings is 1. The first-order valence-corrected chi connectivity index (χ1v) is 10.4. The zero-order valence-corrected chi connectivity index (χ0v) is 17.7. The highest BCUT2D eigenvalue weighted by Gasteiger charge is 2.21.